The first-order chi connectivity index (χ1) is 36.5. The lowest BCUT2D eigenvalue weighted by atomic mass is 10.0. The molecule has 0 fully saturated rings. The third-order valence-corrected chi connectivity index (χ3v) is 15.7. The number of rotatable bonds is 63. The standard InChI is InChI=1S/C68H131NO5/c1-3-5-7-9-11-13-15-17-19-29-34-38-42-46-50-54-58-62-68(73)74-63-59-55-51-47-43-39-35-31-28-26-24-22-21-23-25-27-30-33-37-41-45-49-53-57-61-67(72)69-65(64-70)66(71)60-56-52-48-44-40-36-32-20-18-16-14-12-10-8-6-4-2/h23,25,56,60,65-66,70-71H,3-22,24,26-55,57-59,61-64H2,1-2H3,(H,69,72)/b25-23-,60-56+. The van der Waals surface area contributed by atoms with E-state index in [0.717, 1.165) is 38.5 Å². The fraction of sp³-hybridized carbons (Fsp3) is 0.912. The van der Waals surface area contributed by atoms with E-state index in [1.165, 1.54) is 308 Å². The molecule has 2 unspecified atom stereocenters. The summed E-state index contributed by atoms with van der Waals surface area (Å²) in [5.41, 5.74) is 0. The molecule has 0 aliphatic carbocycles. The third kappa shape index (κ3) is 59.6. The second kappa shape index (κ2) is 63.9. The van der Waals surface area contributed by atoms with Gasteiger partial charge in [0.25, 0.3) is 0 Å². The smallest absolute Gasteiger partial charge is 0.305 e. The Morgan fingerprint density at radius 2 is 0.635 bits per heavy atom. The molecule has 0 aromatic rings. The topological polar surface area (TPSA) is 95.9 Å². The van der Waals surface area contributed by atoms with Crippen molar-refractivity contribution in [1.29, 1.82) is 0 Å². The summed E-state index contributed by atoms with van der Waals surface area (Å²) in [5, 5.41) is 23.2. The maximum absolute atomic E-state index is 12.5. The molecule has 2 atom stereocenters. The molecule has 0 bridgehead atoms. The number of nitrogens with one attached hydrogen (secondary N) is 1. The summed E-state index contributed by atoms with van der Waals surface area (Å²) in [5.74, 6) is -0.0535. The average Bonchev–Trinajstić information content (AvgIpc) is 3.40. The number of allylic oxidation sites excluding steroid dienone is 3. The van der Waals surface area contributed by atoms with Crippen molar-refractivity contribution in [1.82, 2.24) is 5.32 Å². The molecule has 6 nitrogen and oxygen atoms in total. The van der Waals surface area contributed by atoms with Crippen LogP contribution in [0.15, 0.2) is 24.3 Å². The summed E-state index contributed by atoms with van der Waals surface area (Å²) in [4.78, 5) is 24.6. The number of esters is 1. The Morgan fingerprint density at radius 1 is 0.365 bits per heavy atom. The molecule has 74 heavy (non-hydrogen) atoms. The number of unbranched alkanes of at least 4 members (excludes halogenated alkanes) is 50. The SMILES string of the molecule is CCCCCCCCCCCCCCCC/C=C/C(O)C(CO)NC(=O)CCCCCCCCCC/C=C\CCCCCCCCCCCCCCOC(=O)CCCCCCCCCCCCCCCCCCC. The van der Waals surface area contributed by atoms with E-state index in [4.69, 9.17) is 4.74 Å². The van der Waals surface area contributed by atoms with Gasteiger partial charge in [-0.1, -0.05) is 327 Å². The van der Waals surface area contributed by atoms with Crippen LogP contribution in [0.25, 0.3) is 0 Å². The van der Waals surface area contributed by atoms with Gasteiger partial charge in [0.2, 0.25) is 5.91 Å². The number of aliphatic hydroxyl groups is 2. The monoisotopic (exact) mass is 1040 g/mol. The minimum atomic E-state index is -0.847. The van der Waals surface area contributed by atoms with Crippen molar-refractivity contribution in [3.8, 4) is 0 Å². The van der Waals surface area contributed by atoms with E-state index in [1.807, 2.05) is 6.08 Å². The van der Waals surface area contributed by atoms with Gasteiger partial charge in [0, 0.05) is 12.8 Å². The molecule has 0 aliphatic heterocycles. The van der Waals surface area contributed by atoms with E-state index in [2.05, 4.69) is 31.3 Å². The molecule has 0 aromatic carbocycles. The molecule has 0 spiro atoms. The van der Waals surface area contributed by atoms with E-state index >= 15 is 0 Å². The van der Waals surface area contributed by atoms with Crippen LogP contribution in [-0.2, 0) is 14.3 Å². The molecule has 438 valence electrons. The van der Waals surface area contributed by atoms with Crippen molar-refractivity contribution in [2.45, 2.75) is 386 Å². The molecular formula is C68H131NO5. The molecule has 0 rings (SSSR count). The number of amides is 1. The Morgan fingerprint density at radius 3 is 0.959 bits per heavy atom. The van der Waals surface area contributed by atoms with Crippen molar-refractivity contribution in [3.05, 3.63) is 24.3 Å². The number of hydrogen-bond donors (Lipinski definition) is 3. The zero-order valence-electron chi connectivity index (χ0n) is 50.1. The van der Waals surface area contributed by atoms with Gasteiger partial charge in [0.05, 0.1) is 25.4 Å². The first-order valence-corrected chi connectivity index (χ1v) is 33.6. The van der Waals surface area contributed by atoms with Crippen molar-refractivity contribution >= 4 is 11.9 Å². The van der Waals surface area contributed by atoms with Crippen LogP contribution in [0.5, 0.6) is 0 Å². The molecule has 1 amide bonds. The van der Waals surface area contributed by atoms with E-state index in [9.17, 15) is 19.8 Å². The molecule has 0 saturated carbocycles. The first kappa shape index (κ1) is 72.3. The van der Waals surface area contributed by atoms with Gasteiger partial charge in [-0.05, 0) is 57.8 Å². The van der Waals surface area contributed by atoms with Gasteiger partial charge < -0.3 is 20.3 Å². The van der Waals surface area contributed by atoms with Gasteiger partial charge in [-0.25, -0.2) is 0 Å². The van der Waals surface area contributed by atoms with E-state index in [-0.39, 0.29) is 18.5 Å². The first-order valence-electron chi connectivity index (χ1n) is 33.6. The zero-order chi connectivity index (χ0) is 53.6. The van der Waals surface area contributed by atoms with Crippen LogP contribution in [0.2, 0.25) is 0 Å². The van der Waals surface area contributed by atoms with Gasteiger partial charge in [-0.15, -0.1) is 0 Å². The maximum atomic E-state index is 12.5. The quantitative estimate of drug-likeness (QED) is 0.0320. The Balaban J connectivity index is 3.40. The zero-order valence-corrected chi connectivity index (χ0v) is 50.1. The summed E-state index contributed by atoms with van der Waals surface area (Å²) in [6.07, 6.45) is 79.5. The summed E-state index contributed by atoms with van der Waals surface area (Å²) >= 11 is 0. The largest absolute Gasteiger partial charge is 0.466 e. The molecule has 0 radical (unpaired) electrons. The predicted octanol–water partition coefficient (Wildman–Crippen LogP) is 21.4. The summed E-state index contributed by atoms with van der Waals surface area (Å²) < 4.78 is 5.50. The summed E-state index contributed by atoms with van der Waals surface area (Å²) in [6, 6.07) is -0.631. The Hall–Kier alpha value is -1.66. The Kier molecular flexibility index (Phi) is 62.4. The lowest BCUT2D eigenvalue weighted by Crippen LogP contribution is -2.45. The Labute approximate surface area is 462 Å². The Bertz CT molecular complexity index is 1150. The lowest BCUT2D eigenvalue weighted by Gasteiger charge is -2.20. The molecular weight excluding hydrogens is 911 g/mol. The number of aliphatic hydroxyl groups excluding tert-OH is 2. The van der Waals surface area contributed by atoms with E-state index in [1.54, 1.807) is 6.08 Å². The highest BCUT2D eigenvalue weighted by atomic mass is 16.5. The predicted molar refractivity (Wildman–Crippen MR) is 324 cm³/mol. The van der Waals surface area contributed by atoms with Gasteiger partial charge in [0.15, 0.2) is 0 Å². The highest BCUT2D eigenvalue weighted by Gasteiger charge is 2.18. The van der Waals surface area contributed by atoms with Crippen molar-refractivity contribution < 1.29 is 24.5 Å². The normalized spacial score (nSPS) is 12.6. The minimum Gasteiger partial charge on any atom is -0.466 e. The van der Waals surface area contributed by atoms with Gasteiger partial charge in [-0.2, -0.15) is 0 Å². The molecule has 0 saturated heterocycles. The number of carbonyl (C=O) groups is 2. The van der Waals surface area contributed by atoms with E-state index in [0.29, 0.717) is 19.4 Å². The summed E-state index contributed by atoms with van der Waals surface area (Å²) in [7, 11) is 0. The number of ether oxygens (including phenoxy) is 1. The van der Waals surface area contributed by atoms with Gasteiger partial charge >= 0.3 is 5.97 Å². The fourth-order valence-corrected chi connectivity index (χ4v) is 10.6. The highest BCUT2D eigenvalue weighted by Crippen LogP contribution is 2.18. The average molecular weight is 1040 g/mol. The van der Waals surface area contributed by atoms with Gasteiger partial charge in [0.1, 0.15) is 0 Å². The van der Waals surface area contributed by atoms with Crippen LogP contribution >= 0.6 is 0 Å². The molecule has 0 aromatic heterocycles. The number of hydrogen-bond acceptors (Lipinski definition) is 5. The van der Waals surface area contributed by atoms with Crippen LogP contribution in [0.1, 0.15) is 373 Å². The van der Waals surface area contributed by atoms with Gasteiger partial charge in [-0.3, -0.25) is 9.59 Å². The minimum absolute atomic E-state index is 0.0166. The highest BCUT2D eigenvalue weighted by molar-refractivity contribution is 5.76. The van der Waals surface area contributed by atoms with Crippen LogP contribution in [0.3, 0.4) is 0 Å². The maximum Gasteiger partial charge on any atom is 0.305 e. The lowest BCUT2D eigenvalue weighted by molar-refractivity contribution is -0.143. The van der Waals surface area contributed by atoms with Crippen LogP contribution < -0.4 is 5.32 Å². The number of carbonyl (C=O) groups excluding carboxylic acids is 2. The van der Waals surface area contributed by atoms with E-state index < -0.39 is 12.1 Å². The molecule has 0 heterocycles. The fourth-order valence-electron chi connectivity index (χ4n) is 10.6. The van der Waals surface area contributed by atoms with Crippen LogP contribution in [0, 0.1) is 0 Å². The molecule has 0 aliphatic rings. The molecule has 3 N–H and O–H groups in total. The van der Waals surface area contributed by atoms with Crippen molar-refractivity contribution in [3.63, 3.8) is 0 Å². The van der Waals surface area contributed by atoms with Crippen molar-refractivity contribution in [2.75, 3.05) is 13.2 Å². The molecule has 6 heteroatoms. The summed E-state index contributed by atoms with van der Waals surface area (Å²) in [6.45, 7) is 4.93. The van der Waals surface area contributed by atoms with Crippen LogP contribution in [-0.4, -0.2) is 47.4 Å². The second-order valence-electron chi connectivity index (χ2n) is 23.2. The third-order valence-electron chi connectivity index (χ3n) is 15.7. The van der Waals surface area contributed by atoms with Crippen LogP contribution in [0.4, 0.5) is 0 Å². The van der Waals surface area contributed by atoms with Crippen molar-refractivity contribution in [2.24, 2.45) is 0 Å². The second-order valence-corrected chi connectivity index (χ2v) is 23.2.